The summed E-state index contributed by atoms with van der Waals surface area (Å²) < 4.78 is 0. The number of amides is 4. The van der Waals surface area contributed by atoms with E-state index in [2.05, 4.69) is 21.3 Å². The molecule has 0 saturated carbocycles. The Bertz CT molecular complexity index is 884. The number of unbranched alkanes of at least 4 members (excludes halogenated alkanes) is 1. The summed E-state index contributed by atoms with van der Waals surface area (Å²) in [5, 5.41) is 48.9. The van der Waals surface area contributed by atoms with Crippen molar-refractivity contribution in [2.24, 2.45) is 17.8 Å². The van der Waals surface area contributed by atoms with E-state index in [9.17, 15) is 34.3 Å². The lowest BCUT2D eigenvalue weighted by Gasteiger charge is -2.27. The van der Waals surface area contributed by atoms with Gasteiger partial charge < -0.3 is 36.4 Å². The summed E-state index contributed by atoms with van der Waals surface area (Å²) in [5.74, 6) is -3.70. The van der Waals surface area contributed by atoms with Crippen LogP contribution in [0.15, 0.2) is 11.6 Å². The zero-order chi connectivity index (χ0) is 30.3. The van der Waals surface area contributed by atoms with Crippen molar-refractivity contribution >= 4 is 30.7 Å². The maximum Gasteiger partial charge on any atom is 0.475 e. The monoisotopic (exact) mass is 551 g/mol. The highest BCUT2D eigenvalue weighted by Gasteiger charge is 2.33. The molecule has 0 aliphatic heterocycles. The Morgan fingerprint density at radius 1 is 0.897 bits per heavy atom. The average molecular weight is 551 g/mol. The van der Waals surface area contributed by atoms with Crippen LogP contribution in [0.4, 0.5) is 0 Å². The molecule has 0 heterocycles. The van der Waals surface area contributed by atoms with Crippen molar-refractivity contribution in [2.45, 2.75) is 98.3 Å². The van der Waals surface area contributed by atoms with Gasteiger partial charge >= 0.3 is 7.12 Å². The third-order valence-corrected chi connectivity index (χ3v) is 5.70. The second-order valence-electron chi connectivity index (χ2n) is 10.8. The summed E-state index contributed by atoms with van der Waals surface area (Å²) in [4.78, 5) is 50.4. The molecule has 39 heavy (non-hydrogen) atoms. The molecule has 0 aromatic heterocycles. The van der Waals surface area contributed by atoms with Gasteiger partial charge in [0.25, 0.3) is 5.91 Å². The molecule has 0 aliphatic carbocycles. The van der Waals surface area contributed by atoms with E-state index < -0.39 is 60.8 Å². The molecule has 0 aromatic carbocycles. The van der Waals surface area contributed by atoms with Gasteiger partial charge in [0.05, 0.1) is 12.0 Å². The molecule has 12 nitrogen and oxygen atoms in total. The lowest BCUT2D eigenvalue weighted by atomic mass is 9.75. The summed E-state index contributed by atoms with van der Waals surface area (Å²) in [6.07, 6.45) is 1.53. The van der Waals surface area contributed by atoms with Crippen molar-refractivity contribution in [3.05, 3.63) is 11.6 Å². The Morgan fingerprint density at radius 3 is 1.97 bits per heavy atom. The maximum absolute atomic E-state index is 13.1. The van der Waals surface area contributed by atoms with Gasteiger partial charge in [-0.15, -0.1) is 0 Å². The van der Waals surface area contributed by atoms with E-state index in [0.717, 1.165) is 0 Å². The molecule has 4 amide bonds. The van der Waals surface area contributed by atoms with E-state index in [0.29, 0.717) is 12.8 Å². The Kier molecular flexibility index (Phi) is 17.0. The number of allylic oxidation sites excluding steroid dienone is 1. The molecule has 0 saturated heterocycles. The van der Waals surface area contributed by atoms with Gasteiger partial charge in [-0.3, -0.25) is 19.2 Å². The predicted octanol–water partition coefficient (Wildman–Crippen LogP) is -0.0718. The Labute approximate surface area is 232 Å². The Morgan fingerprint density at radius 2 is 1.51 bits per heavy atom. The molecule has 0 rings (SSSR count). The van der Waals surface area contributed by atoms with Crippen molar-refractivity contribution < 1.29 is 34.3 Å². The van der Waals surface area contributed by atoms with E-state index in [-0.39, 0.29) is 36.8 Å². The number of carbonyl (C=O) groups excluding carboxylic acids is 4. The molecular formula is C26H46BN5O7. The van der Waals surface area contributed by atoms with E-state index in [1.165, 1.54) is 6.92 Å². The maximum atomic E-state index is 13.1. The van der Waals surface area contributed by atoms with Crippen molar-refractivity contribution in [1.82, 2.24) is 21.3 Å². The van der Waals surface area contributed by atoms with Crippen molar-refractivity contribution in [2.75, 3.05) is 6.54 Å². The number of hydrogen-bond donors (Lipinski definition) is 7. The molecule has 7 N–H and O–H groups in total. The van der Waals surface area contributed by atoms with Gasteiger partial charge in [0.1, 0.15) is 23.7 Å². The molecule has 0 aromatic rings. The summed E-state index contributed by atoms with van der Waals surface area (Å²) in [7, 11) is -1.81. The predicted molar refractivity (Wildman–Crippen MR) is 147 cm³/mol. The lowest BCUT2D eigenvalue weighted by molar-refractivity contribution is -0.135. The number of nitrogens with zero attached hydrogens (tertiary/aromatic N) is 1. The highest BCUT2D eigenvalue weighted by Crippen LogP contribution is 2.09. The standard InChI is InChI=1S/C26H46BN5O7/c1-15(2)12-19(14-28)24(35)29-11-9-8-10-20(25(36)31-21(27(38)39)13-16(3)4)30-26(37)22(18(7)33)32-23(34)17(5)6/h12,15-18,20-22,33,38-39H,8-11,13H2,1-7H3,(H,29,35)(H,30,37)(H,31,36)(H,32,34). The van der Waals surface area contributed by atoms with Gasteiger partial charge in [-0.2, -0.15) is 5.26 Å². The summed E-state index contributed by atoms with van der Waals surface area (Å²) >= 11 is 0. The molecule has 4 unspecified atom stereocenters. The minimum atomic E-state index is -1.81. The molecular weight excluding hydrogens is 505 g/mol. The number of aliphatic hydroxyl groups is 1. The van der Waals surface area contributed by atoms with Crippen LogP contribution in [0.3, 0.4) is 0 Å². The molecule has 220 valence electrons. The quantitative estimate of drug-likeness (QED) is 0.0563. The summed E-state index contributed by atoms with van der Waals surface area (Å²) in [5.41, 5.74) is 0.0147. The molecule has 0 bridgehead atoms. The summed E-state index contributed by atoms with van der Waals surface area (Å²) in [6, 6.07) is -0.554. The minimum Gasteiger partial charge on any atom is -0.426 e. The first-order chi connectivity index (χ1) is 18.1. The van der Waals surface area contributed by atoms with Crippen molar-refractivity contribution in [1.29, 1.82) is 5.26 Å². The van der Waals surface area contributed by atoms with Crippen LogP contribution in [0.2, 0.25) is 0 Å². The van der Waals surface area contributed by atoms with Crippen LogP contribution in [-0.4, -0.2) is 76.6 Å². The molecule has 0 radical (unpaired) electrons. The second kappa shape index (κ2) is 18.4. The number of carbonyl (C=O) groups is 4. The Hall–Kier alpha value is -2.95. The molecule has 13 heteroatoms. The van der Waals surface area contributed by atoms with Crippen LogP contribution in [0.25, 0.3) is 0 Å². The SMILES string of the molecule is CC(C)C=C(C#N)C(=O)NCCCCC(NC(=O)C(NC(=O)C(C)C)C(C)O)C(=O)NC(CC(C)C)B(O)O. The number of nitriles is 1. The highest BCUT2D eigenvalue weighted by atomic mass is 16.4. The third kappa shape index (κ3) is 14.7. The first-order valence-corrected chi connectivity index (χ1v) is 13.5. The topological polar surface area (TPSA) is 201 Å². The first-order valence-electron chi connectivity index (χ1n) is 13.5. The van der Waals surface area contributed by atoms with Gasteiger partial charge in [-0.1, -0.05) is 47.6 Å². The normalized spacial score (nSPS) is 14.7. The van der Waals surface area contributed by atoms with Gasteiger partial charge in [-0.25, -0.2) is 0 Å². The molecule has 4 atom stereocenters. The van der Waals surface area contributed by atoms with E-state index >= 15 is 0 Å². The molecule has 0 fully saturated rings. The zero-order valence-corrected chi connectivity index (χ0v) is 24.2. The fourth-order valence-corrected chi connectivity index (χ4v) is 3.57. The second-order valence-corrected chi connectivity index (χ2v) is 10.8. The van der Waals surface area contributed by atoms with Crippen LogP contribution < -0.4 is 21.3 Å². The Balaban J connectivity index is 5.48. The van der Waals surface area contributed by atoms with Gasteiger partial charge in [0, 0.05) is 12.5 Å². The third-order valence-electron chi connectivity index (χ3n) is 5.70. The van der Waals surface area contributed by atoms with Crippen LogP contribution >= 0.6 is 0 Å². The van der Waals surface area contributed by atoms with Gasteiger partial charge in [-0.05, 0) is 44.4 Å². The van der Waals surface area contributed by atoms with Gasteiger partial charge in [0.15, 0.2) is 0 Å². The highest BCUT2D eigenvalue weighted by molar-refractivity contribution is 6.43. The van der Waals surface area contributed by atoms with Crippen molar-refractivity contribution in [3.63, 3.8) is 0 Å². The number of hydrogen-bond acceptors (Lipinski definition) is 8. The van der Waals surface area contributed by atoms with Crippen LogP contribution in [0.1, 0.15) is 74.1 Å². The molecule has 0 spiro atoms. The zero-order valence-electron chi connectivity index (χ0n) is 24.2. The largest absolute Gasteiger partial charge is 0.475 e. The van der Waals surface area contributed by atoms with Crippen molar-refractivity contribution in [3.8, 4) is 6.07 Å². The van der Waals surface area contributed by atoms with E-state index in [4.69, 9.17) is 5.26 Å². The smallest absolute Gasteiger partial charge is 0.426 e. The number of rotatable bonds is 17. The number of aliphatic hydroxyl groups excluding tert-OH is 1. The van der Waals surface area contributed by atoms with Crippen LogP contribution in [-0.2, 0) is 19.2 Å². The fraction of sp³-hybridized carbons (Fsp3) is 0.731. The van der Waals surface area contributed by atoms with E-state index in [1.54, 1.807) is 19.9 Å². The molecule has 0 aliphatic rings. The minimum absolute atomic E-state index is 0.0147. The summed E-state index contributed by atoms with van der Waals surface area (Å²) in [6.45, 7) is 12.2. The van der Waals surface area contributed by atoms with Gasteiger partial charge in [0.2, 0.25) is 17.7 Å². The van der Waals surface area contributed by atoms with Crippen LogP contribution in [0.5, 0.6) is 0 Å². The average Bonchev–Trinajstić information content (AvgIpc) is 2.82. The van der Waals surface area contributed by atoms with Crippen LogP contribution in [0, 0.1) is 29.1 Å². The fourth-order valence-electron chi connectivity index (χ4n) is 3.57. The van der Waals surface area contributed by atoms with E-state index in [1.807, 2.05) is 33.8 Å². The first kappa shape index (κ1) is 36.1. The number of nitrogens with one attached hydrogen (secondary N) is 4. The lowest BCUT2D eigenvalue weighted by Crippen LogP contribution is -2.59.